The number of ether oxygens (including phenoxy) is 1. The smallest absolute Gasteiger partial charge is 0.247 e. The molecule has 1 atom stereocenters. The van der Waals surface area contributed by atoms with Crippen molar-refractivity contribution in [3.8, 4) is 5.88 Å². The maximum absolute atomic E-state index is 12.4. The van der Waals surface area contributed by atoms with E-state index >= 15 is 0 Å². The number of hydrogen-bond acceptors (Lipinski definition) is 7. The molecule has 3 heterocycles. The monoisotopic (exact) mass is 399 g/mol. The van der Waals surface area contributed by atoms with Gasteiger partial charge in [-0.3, -0.25) is 4.79 Å². The van der Waals surface area contributed by atoms with Gasteiger partial charge >= 0.3 is 0 Å². The molecule has 0 aromatic carbocycles. The standard InChI is InChI=1S/C20H29N7O2/c1-11(2)17-19(28)24-16-12(3)22-20(25-18(16)26(17)4)23-14-8-13(9-14)10-29-15-6-7-21-27(15)5/h6-7,11,13-14,17H,8-10H2,1-5H3,(H,24,28)(H,22,23,25)/t13?,14?,17-/m0/s1. The molecule has 0 radical (unpaired) electrons. The molecule has 2 N–H and O–H groups in total. The van der Waals surface area contributed by atoms with Crippen LogP contribution in [0.15, 0.2) is 12.3 Å². The van der Waals surface area contributed by atoms with Crippen LogP contribution in [0.5, 0.6) is 5.88 Å². The zero-order valence-electron chi connectivity index (χ0n) is 17.6. The van der Waals surface area contributed by atoms with Crippen LogP contribution in [0, 0.1) is 18.8 Å². The van der Waals surface area contributed by atoms with Gasteiger partial charge in [-0.15, -0.1) is 0 Å². The second kappa shape index (κ2) is 7.53. The maximum Gasteiger partial charge on any atom is 0.247 e. The molecule has 2 aliphatic rings. The summed E-state index contributed by atoms with van der Waals surface area (Å²) in [6, 6.07) is 1.97. The predicted molar refractivity (Wildman–Crippen MR) is 111 cm³/mol. The normalized spacial score (nSPS) is 23.4. The molecule has 0 unspecified atom stereocenters. The number of fused-ring (bicyclic) bond motifs is 1. The molecule has 1 aliphatic carbocycles. The number of carbonyl (C=O) groups is 1. The Hall–Kier alpha value is -2.84. The van der Waals surface area contributed by atoms with Gasteiger partial charge in [0.15, 0.2) is 5.82 Å². The molecular formula is C20H29N7O2. The largest absolute Gasteiger partial charge is 0.478 e. The lowest BCUT2D eigenvalue weighted by molar-refractivity contribution is -0.118. The molecule has 9 nitrogen and oxygen atoms in total. The van der Waals surface area contributed by atoms with E-state index < -0.39 is 0 Å². The number of carbonyl (C=O) groups excluding carboxylic acids is 1. The number of nitrogens with zero attached hydrogens (tertiary/aromatic N) is 5. The highest BCUT2D eigenvalue weighted by Crippen LogP contribution is 2.35. The fourth-order valence-corrected chi connectivity index (χ4v) is 4.16. The van der Waals surface area contributed by atoms with Crippen molar-refractivity contribution in [3.05, 3.63) is 18.0 Å². The van der Waals surface area contributed by atoms with Crippen LogP contribution < -0.4 is 20.3 Å². The average molecular weight is 399 g/mol. The van der Waals surface area contributed by atoms with Crippen molar-refractivity contribution >= 4 is 23.4 Å². The van der Waals surface area contributed by atoms with Crippen molar-refractivity contribution in [2.45, 2.75) is 45.7 Å². The summed E-state index contributed by atoms with van der Waals surface area (Å²) in [4.78, 5) is 23.7. The summed E-state index contributed by atoms with van der Waals surface area (Å²) < 4.78 is 7.56. The zero-order valence-corrected chi connectivity index (χ0v) is 17.6. The van der Waals surface area contributed by atoms with Gasteiger partial charge < -0.3 is 20.3 Å². The number of aryl methyl sites for hydroxylation is 2. The number of likely N-dealkylation sites (N-methyl/N-ethyl adjacent to an activating group) is 1. The number of amides is 1. The van der Waals surface area contributed by atoms with Gasteiger partial charge in [-0.05, 0) is 31.6 Å². The molecule has 156 valence electrons. The summed E-state index contributed by atoms with van der Waals surface area (Å²) in [5, 5.41) is 10.5. The topological polar surface area (TPSA) is 97.2 Å². The lowest BCUT2D eigenvalue weighted by atomic mass is 9.81. The first-order valence-electron chi connectivity index (χ1n) is 10.1. The van der Waals surface area contributed by atoms with E-state index in [9.17, 15) is 4.79 Å². The lowest BCUT2D eigenvalue weighted by Crippen LogP contribution is -2.50. The van der Waals surface area contributed by atoms with Gasteiger partial charge in [0.25, 0.3) is 0 Å². The summed E-state index contributed by atoms with van der Waals surface area (Å²) >= 11 is 0. The van der Waals surface area contributed by atoms with E-state index in [2.05, 4.69) is 20.7 Å². The van der Waals surface area contributed by atoms with Crippen LogP contribution in [0.3, 0.4) is 0 Å². The van der Waals surface area contributed by atoms with Crippen LogP contribution in [0.2, 0.25) is 0 Å². The lowest BCUT2D eigenvalue weighted by Gasteiger charge is -2.38. The molecule has 29 heavy (non-hydrogen) atoms. The minimum absolute atomic E-state index is 0.00216. The third-order valence-electron chi connectivity index (χ3n) is 5.78. The first kappa shape index (κ1) is 19.5. The van der Waals surface area contributed by atoms with E-state index in [4.69, 9.17) is 9.72 Å². The Morgan fingerprint density at radius 1 is 1.31 bits per heavy atom. The molecule has 2 aromatic rings. The van der Waals surface area contributed by atoms with E-state index in [1.807, 2.05) is 45.8 Å². The second-order valence-corrected chi connectivity index (χ2v) is 8.40. The maximum atomic E-state index is 12.4. The molecule has 1 amide bonds. The zero-order chi connectivity index (χ0) is 20.7. The highest BCUT2D eigenvalue weighted by Gasteiger charge is 2.36. The number of anilines is 3. The molecule has 4 rings (SSSR count). The van der Waals surface area contributed by atoms with Crippen LogP contribution in [-0.2, 0) is 11.8 Å². The Morgan fingerprint density at radius 2 is 2.07 bits per heavy atom. The number of hydrogen-bond donors (Lipinski definition) is 2. The Labute approximate surface area is 170 Å². The van der Waals surface area contributed by atoms with Crippen LogP contribution in [0.1, 0.15) is 32.4 Å². The quantitative estimate of drug-likeness (QED) is 0.768. The Kier molecular flexibility index (Phi) is 5.06. The molecule has 0 spiro atoms. The van der Waals surface area contributed by atoms with E-state index in [0.717, 1.165) is 30.2 Å². The van der Waals surface area contributed by atoms with Crippen molar-refractivity contribution in [2.24, 2.45) is 18.9 Å². The number of aromatic nitrogens is 4. The minimum Gasteiger partial charge on any atom is -0.478 e. The Morgan fingerprint density at radius 3 is 2.72 bits per heavy atom. The van der Waals surface area contributed by atoms with Crippen molar-refractivity contribution in [1.29, 1.82) is 0 Å². The predicted octanol–water partition coefficient (Wildman–Crippen LogP) is 2.20. The van der Waals surface area contributed by atoms with Gasteiger partial charge in [-0.2, -0.15) is 10.1 Å². The van der Waals surface area contributed by atoms with Gasteiger partial charge in [0.1, 0.15) is 11.7 Å². The summed E-state index contributed by atoms with van der Waals surface area (Å²) in [6.45, 7) is 6.68. The molecule has 0 saturated heterocycles. The van der Waals surface area contributed by atoms with Crippen molar-refractivity contribution in [2.75, 3.05) is 29.2 Å². The van der Waals surface area contributed by atoms with Crippen molar-refractivity contribution in [3.63, 3.8) is 0 Å². The summed E-state index contributed by atoms with van der Waals surface area (Å²) in [6.07, 6.45) is 3.76. The van der Waals surface area contributed by atoms with Gasteiger partial charge in [0.05, 0.1) is 18.5 Å². The summed E-state index contributed by atoms with van der Waals surface area (Å²) in [5.41, 5.74) is 1.48. The molecule has 1 fully saturated rings. The second-order valence-electron chi connectivity index (χ2n) is 8.40. The molecule has 2 aromatic heterocycles. The first-order valence-corrected chi connectivity index (χ1v) is 10.1. The van der Waals surface area contributed by atoms with Crippen molar-refractivity contribution in [1.82, 2.24) is 19.7 Å². The van der Waals surface area contributed by atoms with E-state index in [1.165, 1.54) is 0 Å². The van der Waals surface area contributed by atoms with E-state index in [-0.39, 0.29) is 17.9 Å². The third-order valence-corrected chi connectivity index (χ3v) is 5.78. The molecular weight excluding hydrogens is 370 g/mol. The van der Waals surface area contributed by atoms with Crippen LogP contribution in [0.25, 0.3) is 0 Å². The highest BCUT2D eigenvalue weighted by atomic mass is 16.5. The Balaban J connectivity index is 1.38. The molecule has 1 aliphatic heterocycles. The average Bonchev–Trinajstić information content (AvgIpc) is 3.02. The van der Waals surface area contributed by atoms with Crippen LogP contribution >= 0.6 is 0 Å². The fraction of sp³-hybridized carbons (Fsp3) is 0.600. The van der Waals surface area contributed by atoms with Crippen LogP contribution in [-0.4, -0.2) is 51.4 Å². The molecule has 0 bridgehead atoms. The van der Waals surface area contributed by atoms with Crippen molar-refractivity contribution < 1.29 is 9.53 Å². The van der Waals surface area contributed by atoms with E-state index in [1.54, 1.807) is 10.9 Å². The van der Waals surface area contributed by atoms with E-state index in [0.29, 0.717) is 30.2 Å². The SMILES string of the molecule is Cc1nc(NC2CC(COc3ccnn3C)C2)nc2c1NC(=O)[C@H](C(C)C)N2C. The molecule has 1 saturated carbocycles. The first-order chi connectivity index (χ1) is 13.8. The number of nitrogens with one attached hydrogen (secondary N) is 2. The van der Waals surface area contributed by atoms with Gasteiger partial charge in [0, 0.05) is 26.2 Å². The van der Waals surface area contributed by atoms with Gasteiger partial charge in [-0.1, -0.05) is 13.8 Å². The summed E-state index contributed by atoms with van der Waals surface area (Å²) in [7, 11) is 3.80. The van der Waals surface area contributed by atoms with Gasteiger partial charge in [-0.25, -0.2) is 9.67 Å². The Bertz CT molecular complexity index is 904. The highest BCUT2D eigenvalue weighted by molar-refractivity contribution is 6.03. The third kappa shape index (κ3) is 3.73. The minimum atomic E-state index is -0.234. The number of rotatable bonds is 6. The van der Waals surface area contributed by atoms with Crippen LogP contribution in [0.4, 0.5) is 17.5 Å². The fourth-order valence-electron chi connectivity index (χ4n) is 4.16. The van der Waals surface area contributed by atoms with Gasteiger partial charge in [0.2, 0.25) is 17.7 Å². The summed E-state index contributed by atoms with van der Waals surface area (Å²) in [5.74, 6) is 2.87. The molecule has 9 heteroatoms.